The van der Waals surface area contributed by atoms with Crippen molar-refractivity contribution in [2.24, 2.45) is 5.92 Å². The van der Waals surface area contributed by atoms with Gasteiger partial charge >= 0.3 is 11.9 Å². The number of likely N-dealkylation sites (tertiary alicyclic amines) is 1. The first kappa shape index (κ1) is 28.5. The number of para-hydroxylation sites is 2. The highest BCUT2D eigenvalue weighted by molar-refractivity contribution is 6.01. The number of hydrogen-bond donors (Lipinski definition) is 5. The molecular weight excluding hydrogens is 524 g/mol. The number of benzene rings is 2. The number of anilines is 2. The molecule has 2 amide bonds. The van der Waals surface area contributed by atoms with Crippen LogP contribution in [0.15, 0.2) is 36.4 Å². The number of carbonyl (C=O) groups is 4. The number of carbonyl (C=O) groups excluding carboxylic acids is 3. The van der Waals surface area contributed by atoms with Gasteiger partial charge in [0.15, 0.2) is 17.5 Å². The van der Waals surface area contributed by atoms with E-state index in [1.165, 1.54) is 46.2 Å². The van der Waals surface area contributed by atoms with Crippen molar-refractivity contribution in [2.45, 2.75) is 31.3 Å². The van der Waals surface area contributed by atoms with Crippen LogP contribution in [-0.4, -0.2) is 93.9 Å². The van der Waals surface area contributed by atoms with Crippen molar-refractivity contribution in [1.82, 2.24) is 9.80 Å². The molecule has 0 aliphatic carbocycles. The fourth-order valence-electron chi connectivity index (χ4n) is 5.02. The average molecular weight is 557 g/mol. The van der Waals surface area contributed by atoms with Crippen LogP contribution in [0.3, 0.4) is 0 Å². The van der Waals surface area contributed by atoms with Crippen LogP contribution in [0.5, 0.6) is 11.5 Å². The zero-order chi connectivity index (χ0) is 29.0. The zero-order valence-electron chi connectivity index (χ0n) is 21.7. The summed E-state index contributed by atoms with van der Waals surface area (Å²) >= 11 is 0. The third-order valence-corrected chi connectivity index (χ3v) is 7.28. The van der Waals surface area contributed by atoms with Gasteiger partial charge in [-0.2, -0.15) is 0 Å². The van der Waals surface area contributed by atoms with E-state index in [0.29, 0.717) is 12.8 Å². The van der Waals surface area contributed by atoms with Crippen molar-refractivity contribution in [2.75, 3.05) is 44.4 Å². The summed E-state index contributed by atoms with van der Waals surface area (Å²) in [5.41, 5.74) is 11.3. The van der Waals surface area contributed by atoms with Crippen LogP contribution >= 0.6 is 0 Å². The number of nitrogen functional groups attached to an aromatic ring is 2. The SMILES string of the molecule is Nc1cccc(C(=O)N2CCC(CCOC(=O)C3COCCN3C(=O)c3cccc(N)c3O)CC2C(=O)O)c1O. The van der Waals surface area contributed by atoms with Crippen molar-refractivity contribution in [3.8, 4) is 11.5 Å². The number of aromatic hydroxyl groups is 2. The summed E-state index contributed by atoms with van der Waals surface area (Å²) in [4.78, 5) is 53.5. The lowest BCUT2D eigenvalue weighted by Crippen LogP contribution is -2.53. The number of hydrogen-bond acceptors (Lipinski definition) is 10. The molecule has 13 heteroatoms. The number of amides is 2. The number of carboxylic acid groups (broad SMARTS) is 1. The molecule has 2 aromatic rings. The quantitative estimate of drug-likeness (QED) is 0.185. The minimum Gasteiger partial charge on any atom is -0.505 e. The number of aliphatic carboxylic acids is 1. The molecule has 40 heavy (non-hydrogen) atoms. The van der Waals surface area contributed by atoms with Crippen molar-refractivity contribution in [3.05, 3.63) is 47.5 Å². The fourth-order valence-corrected chi connectivity index (χ4v) is 5.02. The zero-order valence-corrected chi connectivity index (χ0v) is 21.7. The van der Waals surface area contributed by atoms with E-state index in [0.717, 1.165) is 0 Å². The molecule has 0 saturated carbocycles. The number of morpholine rings is 1. The van der Waals surface area contributed by atoms with E-state index < -0.39 is 41.6 Å². The Labute approximate surface area is 229 Å². The van der Waals surface area contributed by atoms with E-state index in [4.69, 9.17) is 20.9 Å². The molecule has 214 valence electrons. The molecule has 2 aromatic carbocycles. The number of esters is 1. The second kappa shape index (κ2) is 12.1. The van der Waals surface area contributed by atoms with E-state index in [1.54, 1.807) is 0 Å². The number of nitrogens with zero attached hydrogens (tertiary/aromatic N) is 2. The predicted octanol–water partition coefficient (Wildman–Crippen LogP) is 1.04. The molecule has 2 aliphatic heterocycles. The van der Waals surface area contributed by atoms with Crippen LogP contribution in [0.1, 0.15) is 40.0 Å². The van der Waals surface area contributed by atoms with E-state index >= 15 is 0 Å². The van der Waals surface area contributed by atoms with Gasteiger partial charge in [0.1, 0.15) is 6.04 Å². The molecule has 2 fully saturated rings. The lowest BCUT2D eigenvalue weighted by Gasteiger charge is -2.37. The van der Waals surface area contributed by atoms with Crippen LogP contribution in [0, 0.1) is 5.92 Å². The topological polar surface area (TPSA) is 206 Å². The molecule has 2 aliphatic rings. The molecule has 13 nitrogen and oxygen atoms in total. The summed E-state index contributed by atoms with van der Waals surface area (Å²) in [6, 6.07) is 6.55. The molecule has 0 bridgehead atoms. The van der Waals surface area contributed by atoms with E-state index in [2.05, 4.69) is 0 Å². The fraction of sp³-hybridized carbons (Fsp3) is 0.407. The van der Waals surface area contributed by atoms with Crippen molar-refractivity contribution < 1.29 is 44.0 Å². The molecule has 0 aromatic heterocycles. The molecule has 3 unspecified atom stereocenters. The number of piperidine rings is 1. The molecular formula is C27H32N4O9. The molecule has 0 radical (unpaired) electrons. The monoisotopic (exact) mass is 556 g/mol. The Morgan fingerprint density at radius 2 is 1.48 bits per heavy atom. The molecule has 3 atom stereocenters. The number of phenols is 2. The number of ether oxygens (including phenoxy) is 2. The largest absolute Gasteiger partial charge is 0.505 e. The Morgan fingerprint density at radius 1 is 0.900 bits per heavy atom. The van der Waals surface area contributed by atoms with Crippen LogP contribution in [0.2, 0.25) is 0 Å². The Kier molecular flexibility index (Phi) is 8.63. The second-order valence-electron chi connectivity index (χ2n) is 9.78. The normalized spacial score (nSPS) is 21.1. The Bertz CT molecular complexity index is 1300. The Morgan fingerprint density at radius 3 is 2.05 bits per heavy atom. The van der Waals surface area contributed by atoms with E-state index in [-0.39, 0.29) is 73.5 Å². The lowest BCUT2D eigenvalue weighted by atomic mass is 9.88. The minimum absolute atomic E-state index is 0.0164. The van der Waals surface area contributed by atoms with Gasteiger partial charge in [-0.3, -0.25) is 9.59 Å². The van der Waals surface area contributed by atoms with Crippen LogP contribution in [0.25, 0.3) is 0 Å². The minimum atomic E-state index is -1.18. The van der Waals surface area contributed by atoms with Gasteiger partial charge < -0.3 is 46.1 Å². The number of nitrogens with two attached hydrogens (primary N) is 2. The summed E-state index contributed by atoms with van der Waals surface area (Å²) in [6.07, 6.45) is 0.939. The van der Waals surface area contributed by atoms with Crippen LogP contribution < -0.4 is 11.5 Å². The molecule has 7 N–H and O–H groups in total. The molecule has 2 heterocycles. The Balaban J connectivity index is 1.35. The van der Waals surface area contributed by atoms with Gasteiger partial charge in [0.25, 0.3) is 11.8 Å². The first-order chi connectivity index (χ1) is 19.1. The van der Waals surface area contributed by atoms with Gasteiger partial charge in [0.2, 0.25) is 0 Å². The number of phenolic OH excluding ortho intramolecular Hbond substituents is 2. The standard InChI is InChI=1S/C27H32N4O9/c28-18-5-1-3-16(22(18)32)24(34)30-9-7-15(13-20(30)26(36)37)8-11-40-27(38)21-14-39-12-10-31(21)25(35)17-4-2-6-19(29)23(17)33/h1-6,15,20-21,32-33H,7-14,28-29H2,(H,36,37). The lowest BCUT2D eigenvalue weighted by molar-refractivity contribution is -0.155. The van der Waals surface area contributed by atoms with Crippen LogP contribution in [-0.2, 0) is 19.1 Å². The number of rotatable bonds is 7. The number of carboxylic acids is 1. The second-order valence-corrected chi connectivity index (χ2v) is 9.78. The highest BCUT2D eigenvalue weighted by Crippen LogP contribution is 2.31. The Hall–Kier alpha value is -4.52. The summed E-state index contributed by atoms with van der Waals surface area (Å²) in [7, 11) is 0. The van der Waals surface area contributed by atoms with Gasteiger partial charge in [0, 0.05) is 13.1 Å². The van der Waals surface area contributed by atoms with Gasteiger partial charge in [0.05, 0.1) is 42.3 Å². The molecule has 4 rings (SSSR count). The van der Waals surface area contributed by atoms with Gasteiger partial charge in [-0.15, -0.1) is 0 Å². The summed E-state index contributed by atoms with van der Waals surface area (Å²) in [5, 5.41) is 30.2. The molecule has 0 spiro atoms. The van der Waals surface area contributed by atoms with Gasteiger partial charge in [-0.1, -0.05) is 12.1 Å². The summed E-state index contributed by atoms with van der Waals surface area (Å²) in [5.74, 6) is -3.99. The summed E-state index contributed by atoms with van der Waals surface area (Å²) in [6.45, 7) is 0.348. The van der Waals surface area contributed by atoms with Crippen molar-refractivity contribution in [3.63, 3.8) is 0 Å². The summed E-state index contributed by atoms with van der Waals surface area (Å²) < 4.78 is 10.8. The first-order valence-corrected chi connectivity index (χ1v) is 12.8. The van der Waals surface area contributed by atoms with E-state index in [1.807, 2.05) is 0 Å². The molecule has 2 saturated heterocycles. The highest BCUT2D eigenvalue weighted by Gasteiger charge is 2.38. The van der Waals surface area contributed by atoms with Crippen LogP contribution in [0.4, 0.5) is 11.4 Å². The van der Waals surface area contributed by atoms with Gasteiger partial charge in [-0.05, 0) is 49.4 Å². The van der Waals surface area contributed by atoms with Crippen molar-refractivity contribution >= 4 is 35.1 Å². The third kappa shape index (κ3) is 5.88. The average Bonchev–Trinajstić information content (AvgIpc) is 2.95. The smallest absolute Gasteiger partial charge is 0.331 e. The van der Waals surface area contributed by atoms with Gasteiger partial charge in [-0.25, -0.2) is 9.59 Å². The maximum atomic E-state index is 13.1. The highest BCUT2D eigenvalue weighted by atomic mass is 16.5. The van der Waals surface area contributed by atoms with E-state index in [9.17, 15) is 34.5 Å². The first-order valence-electron chi connectivity index (χ1n) is 12.8. The maximum Gasteiger partial charge on any atom is 0.331 e. The maximum absolute atomic E-state index is 13.1. The van der Waals surface area contributed by atoms with Crippen molar-refractivity contribution in [1.29, 1.82) is 0 Å². The third-order valence-electron chi connectivity index (χ3n) is 7.28. The predicted molar refractivity (Wildman–Crippen MR) is 141 cm³/mol.